The predicted octanol–water partition coefficient (Wildman–Crippen LogP) is 1.92. The van der Waals surface area contributed by atoms with Gasteiger partial charge < -0.3 is 9.84 Å². The molecule has 0 aliphatic carbocycles. The normalized spacial score (nSPS) is 16.0. The summed E-state index contributed by atoms with van der Waals surface area (Å²) in [6, 6.07) is 0. The number of methoxy groups -OCH3 is 1. The average Bonchev–Trinajstić information content (AvgIpc) is 2.04. The molecule has 0 bridgehead atoms. The van der Waals surface area contributed by atoms with E-state index in [0.717, 1.165) is 31.0 Å². The maximum atomic E-state index is 9.63. The molecule has 0 aromatic heterocycles. The topological polar surface area (TPSA) is 29.5 Å². The molecule has 0 spiro atoms. The van der Waals surface area contributed by atoms with Crippen molar-refractivity contribution in [2.24, 2.45) is 0 Å². The van der Waals surface area contributed by atoms with Crippen molar-refractivity contribution in [3.63, 3.8) is 0 Å². The van der Waals surface area contributed by atoms with Crippen LogP contribution < -0.4 is 0 Å². The van der Waals surface area contributed by atoms with Crippen molar-refractivity contribution in [1.29, 1.82) is 0 Å². The first-order valence-electron chi connectivity index (χ1n) is 4.41. The van der Waals surface area contributed by atoms with Gasteiger partial charge in [-0.25, -0.2) is 0 Å². The van der Waals surface area contributed by atoms with Crippen LogP contribution in [0, 0.1) is 0 Å². The third-order valence-corrected chi connectivity index (χ3v) is 3.22. The number of rotatable bonds is 7. The van der Waals surface area contributed by atoms with Gasteiger partial charge in [0, 0.05) is 19.5 Å². The van der Waals surface area contributed by atoms with Gasteiger partial charge in [-0.3, -0.25) is 0 Å². The van der Waals surface area contributed by atoms with Crippen LogP contribution in [0.25, 0.3) is 0 Å². The van der Waals surface area contributed by atoms with Crippen molar-refractivity contribution in [2.75, 3.05) is 25.2 Å². The molecular formula is C9H20O2S. The molecule has 0 amide bonds. The molecule has 0 heterocycles. The van der Waals surface area contributed by atoms with E-state index in [0.29, 0.717) is 0 Å². The van der Waals surface area contributed by atoms with E-state index in [4.69, 9.17) is 4.74 Å². The quantitative estimate of drug-likeness (QED) is 0.625. The van der Waals surface area contributed by atoms with Crippen molar-refractivity contribution < 1.29 is 9.84 Å². The van der Waals surface area contributed by atoms with Gasteiger partial charge in [-0.1, -0.05) is 6.92 Å². The van der Waals surface area contributed by atoms with Gasteiger partial charge >= 0.3 is 0 Å². The molecule has 0 saturated carbocycles. The average molecular weight is 192 g/mol. The van der Waals surface area contributed by atoms with Gasteiger partial charge in [0.1, 0.15) is 0 Å². The van der Waals surface area contributed by atoms with E-state index in [-0.39, 0.29) is 0 Å². The number of hydrogen-bond donors (Lipinski definition) is 1. The van der Waals surface area contributed by atoms with Crippen molar-refractivity contribution in [1.82, 2.24) is 0 Å². The fraction of sp³-hybridized carbons (Fsp3) is 1.00. The molecule has 1 N–H and O–H groups in total. The number of hydrogen-bond acceptors (Lipinski definition) is 3. The zero-order chi connectivity index (χ0) is 9.45. The smallest absolute Gasteiger partial charge is 0.0707 e. The van der Waals surface area contributed by atoms with Gasteiger partial charge in [0.05, 0.1) is 5.60 Å². The predicted molar refractivity (Wildman–Crippen MR) is 54.7 cm³/mol. The lowest BCUT2D eigenvalue weighted by molar-refractivity contribution is 0.0815. The molecule has 1 unspecified atom stereocenters. The van der Waals surface area contributed by atoms with E-state index < -0.39 is 5.60 Å². The Labute approximate surface area is 79.7 Å². The molecule has 0 aliphatic rings. The molecule has 2 nitrogen and oxygen atoms in total. The van der Waals surface area contributed by atoms with E-state index in [1.165, 1.54) is 0 Å². The standard InChI is InChI=1S/C9H20O2S/c1-4-9(2,10)8-12-7-5-6-11-3/h10H,4-8H2,1-3H3. The highest BCUT2D eigenvalue weighted by atomic mass is 32.2. The van der Waals surface area contributed by atoms with Crippen molar-refractivity contribution in [3.05, 3.63) is 0 Å². The van der Waals surface area contributed by atoms with Crippen LogP contribution in [0.2, 0.25) is 0 Å². The second-order valence-corrected chi connectivity index (χ2v) is 4.35. The second kappa shape index (κ2) is 6.75. The maximum absolute atomic E-state index is 9.63. The molecule has 0 aromatic carbocycles. The van der Waals surface area contributed by atoms with Gasteiger partial charge in [0.15, 0.2) is 0 Å². The summed E-state index contributed by atoms with van der Waals surface area (Å²) in [4.78, 5) is 0. The summed E-state index contributed by atoms with van der Waals surface area (Å²) >= 11 is 1.79. The van der Waals surface area contributed by atoms with E-state index in [9.17, 15) is 5.11 Å². The molecule has 0 fully saturated rings. The van der Waals surface area contributed by atoms with E-state index in [1.807, 2.05) is 13.8 Å². The molecule has 74 valence electrons. The Hall–Kier alpha value is 0.270. The fourth-order valence-electron chi connectivity index (χ4n) is 0.699. The first-order chi connectivity index (χ1) is 5.62. The largest absolute Gasteiger partial charge is 0.389 e. The van der Waals surface area contributed by atoms with Gasteiger partial charge in [-0.15, -0.1) is 0 Å². The minimum absolute atomic E-state index is 0.488. The van der Waals surface area contributed by atoms with Crippen LogP contribution >= 0.6 is 11.8 Å². The molecule has 1 atom stereocenters. The molecule has 0 aliphatic heterocycles. The number of aliphatic hydroxyl groups is 1. The first kappa shape index (κ1) is 12.3. The van der Waals surface area contributed by atoms with E-state index in [2.05, 4.69) is 0 Å². The van der Waals surface area contributed by atoms with Crippen molar-refractivity contribution in [3.8, 4) is 0 Å². The highest BCUT2D eigenvalue weighted by Crippen LogP contribution is 2.16. The SMILES string of the molecule is CCC(C)(O)CSCCCOC. The zero-order valence-electron chi connectivity index (χ0n) is 8.30. The molecule has 0 rings (SSSR count). The van der Waals surface area contributed by atoms with Crippen LogP contribution in [0.5, 0.6) is 0 Å². The number of thioether (sulfide) groups is 1. The molecular weight excluding hydrogens is 172 g/mol. The van der Waals surface area contributed by atoms with Crippen LogP contribution in [0.4, 0.5) is 0 Å². The van der Waals surface area contributed by atoms with Crippen molar-refractivity contribution >= 4 is 11.8 Å². The molecule has 0 saturated heterocycles. The summed E-state index contributed by atoms with van der Waals surface area (Å²) in [5.74, 6) is 1.90. The fourth-order valence-corrected chi connectivity index (χ4v) is 1.81. The second-order valence-electron chi connectivity index (χ2n) is 3.25. The lowest BCUT2D eigenvalue weighted by atomic mass is 10.1. The Bertz CT molecular complexity index is 105. The third kappa shape index (κ3) is 6.95. The minimum Gasteiger partial charge on any atom is -0.389 e. The molecule has 3 heteroatoms. The van der Waals surface area contributed by atoms with Crippen LogP contribution in [-0.4, -0.2) is 35.9 Å². The van der Waals surface area contributed by atoms with E-state index >= 15 is 0 Å². The summed E-state index contributed by atoms with van der Waals surface area (Å²) in [6.07, 6.45) is 1.89. The maximum Gasteiger partial charge on any atom is 0.0707 e. The Balaban J connectivity index is 3.19. The molecule has 12 heavy (non-hydrogen) atoms. The van der Waals surface area contributed by atoms with E-state index in [1.54, 1.807) is 18.9 Å². The van der Waals surface area contributed by atoms with Crippen LogP contribution in [0.15, 0.2) is 0 Å². The van der Waals surface area contributed by atoms with Gasteiger partial charge in [-0.05, 0) is 25.5 Å². The molecule has 0 radical (unpaired) electrons. The Kier molecular flexibility index (Phi) is 6.90. The monoisotopic (exact) mass is 192 g/mol. The lowest BCUT2D eigenvalue weighted by Gasteiger charge is -2.20. The Morgan fingerprint density at radius 1 is 1.50 bits per heavy atom. The highest BCUT2D eigenvalue weighted by Gasteiger charge is 2.16. The van der Waals surface area contributed by atoms with Crippen molar-refractivity contribution in [2.45, 2.75) is 32.3 Å². The van der Waals surface area contributed by atoms with Crippen LogP contribution in [-0.2, 0) is 4.74 Å². The Morgan fingerprint density at radius 2 is 2.17 bits per heavy atom. The summed E-state index contributed by atoms with van der Waals surface area (Å²) in [5.41, 5.74) is -0.488. The highest BCUT2D eigenvalue weighted by molar-refractivity contribution is 7.99. The minimum atomic E-state index is -0.488. The summed E-state index contributed by atoms with van der Waals surface area (Å²) in [7, 11) is 1.72. The van der Waals surface area contributed by atoms with Crippen LogP contribution in [0.3, 0.4) is 0 Å². The molecule has 0 aromatic rings. The van der Waals surface area contributed by atoms with Crippen LogP contribution in [0.1, 0.15) is 26.7 Å². The lowest BCUT2D eigenvalue weighted by Crippen LogP contribution is -2.26. The Morgan fingerprint density at radius 3 is 2.67 bits per heavy atom. The number of ether oxygens (including phenoxy) is 1. The van der Waals surface area contributed by atoms with Gasteiger partial charge in [0.2, 0.25) is 0 Å². The summed E-state index contributed by atoms with van der Waals surface area (Å²) in [5, 5.41) is 9.63. The summed E-state index contributed by atoms with van der Waals surface area (Å²) < 4.78 is 4.92. The first-order valence-corrected chi connectivity index (χ1v) is 5.57. The van der Waals surface area contributed by atoms with Gasteiger partial charge in [0.25, 0.3) is 0 Å². The summed E-state index contributed by atoms with van der Waals surface area (Å²) in [6.45, 7) is 4.72. The van der Waals surface area contributed by atoms with Gasteiger partial charge in [-0.2, -0.15) is 11.8 Å². The third-order valence-electron chi connectivity index (χ3n) is 1.81. The zero-order valence-corrected chi connectivity index (χ0v) is 9.12.